The number of imidazole rings is 1. The van der Waals surface area contributed by atoms with Gasteiger partial charge in [-0.15, -0.1) is 0 Å². The molecule has 5 heteroatoms. The first kappa shape index (κ1) is 15.8. The standard InChI is InChI=1S/C19H23N3OS/c1-13-3-2-4-16(11-13)22-10-9-20-19(22)24-12-17(23)21-18(14-5-6-14)15-7-8-15/h2-4,9-11,14-15,18H,5-8,12H2,1H3,(H,21,23). The summed E-state index contributed by atoms with van der Waals surface area (Å²) in [4.78, 5) is 16.8. The van der Waals surface area contributed by atoms with E-state index in [2.05, 4.69) is 35.4 Å². The van der Waals surface area contributed by atoms with Crippen LogP contribution >= 0.6 is 11.8 Å². The number of amides is 1. The first-order valence-corrected chi connectivity index (χ1v) is 9.72. The Labute approximate surface area is 147 Å². The Bertz CT molecular complexity index is 722. The number of hydrogen-bond donors (Lipinski definition) is 1. The van der Waals surface area contributed by atoms with Crippen molar-refractivity contribution in [1.82, 2.24) is 14.9 Å². The van der Waals surface area contributed by atoms with Crippen molar-refractivity contribution < 1.29 is 4.79 Å². The fourth-order valence-electron chi connectivity index (χ4n) is 3.26. The molecule has 2 fully saturated rings. The third-order valence-corrected chi connectivity index (χ3v) is 5.77. The van der Waals surface area contributed by atoms with Gasteiger partial charge in [0.25, 0.3) is 0 Å². The number of carbonyl (C=O) groups excluding carboxylic acids is 1. The van der Waals surface area contributed by atoms with Crippen LogP contribution in [0.2, 0.25) is 0 Å². The highest BCUT2D eigenvalue weighted by molar-refractivity contribution is 7.99. The molecule has 0 radical (unpaired) electrons. The van der Waals surface area contributed by atoms with E-state index >= 15 is 0 Å². The Morgan fingerprint density at radius 3 is 2.75 bits per heavy atom. The van der Waals surface area contributed by atoms with E-state index in [1.54, 1.807) is 6.20 Å². The van der Waals surface area contributed by atoms with Crippen LogP contribution in [0.25, 0.3) is 5.69 Å². The maximum atomic E-state index is 12.3. The molecular formula is C19H23N3OS. The molecular weight excluding hydrogens is 318 g/mol. The zero-order valence-corrected chi connectivity index (χ0v) is 14.8. The van der Waals surface area contributed by atoms with E-state index in [-0.39, 0.29) is 5.91 Å². The van der Waals surface area contributed by atoms with Crippen LogP contribution < -0.4 is 5.32 Å². The monoisotopic (exact) mass is 341 g/mol. The van der Waals surface area contributed by atoms with Crippen LogP contribution in [0.1, 0.15) is 31.2 Å². The second kappa shape index (κ2) is 6.63. The Hall–Kier alpha value is -1.75. The van der Waals surface area contributed by atoms with Gasteiger partial charge in [0.1, 0.15) is 0 Å². The number of nitrogens with zero attached hydrogens (tertiary/aromatic N) is 2. The molecule has 0 aliphatic heterocycles. The van der Waals surface area contributed by atoms with Gasteiger partial charge in [-0.1, -0.05) is 23.9 Å². The van der Waals surface area contributed by atoms with Gasteiger partial charge >= 0.3 is 0 Å². The Morgan fingerprint density at radius 2 is 2.08 bits per heavy atom. The molecule has 0 saturated heterocycles. The molecule has 24 heavy (non-hydrogen) atoms. The van der Waals surface area contributed by atoms with Crippen molar-refractivity contribution in [2.45, 2.75) is 43.8 Å². The van der Waals surface area contributed by atoms with Crippen molar-refractivity contribution in [3.63, 3.8) is 0 Å². The number of nitrogens with one attached hydrogen (secondary N) is 1. The minimum Gasteiger partial charge on any atom is -0.352 e. The molecule has 4 nitrogen and oxygen atoms in total. The fourth-order valence-corrected chi connectivity index (χ4v) is 4.04. The second-order valence-electron chi connectivity index (χ2n) is 6.98. The topological polar surface area (TPSA) is 46.9 Å². The summed E-state index contributed by atoms with van der Waals surface area (Å²) in [6, 6.07) is 8.74. The van der Waals surface area contributed by atoms with Gasteiger partial charge < -0.3 is 5.32 Å². The Morgan fingerprint density at radius 1 is 1.33 bits per heavy atom. The molecule has 1 heterocycles. The summed E-state index contributed by atoms with van der Waals surface area (Å²) in [5.74, 6) is 2.04. The largest absolute Gasteiger partial charge is 0.352 e. The lowest BCUT2D eigenvalue weighted by Gasteiger charge is -2.17. The highest BCUT2D eigenvalue weighted by Gasteiger charge is 2.42. The first-order valence-electron chi connectivity index (χ1n) is 8.73. The lowest BCUT2D eigenvalue weighted by Crippen LogP contribution is -2.39. The Balaban J connectivity index is 1.37. The van der Waals surface area contributed by atoms with Gasteiger partial charge in [0, 0.05) is 24.1 Å². The summed E-state index contributed by atoms with van der Waals surface area (Å²) in [6.45, 7) is 2.08. The summed E-state index contributed by atoms with van der Waals surface area (Å²) >= 11 is 1.51. The summed E-state index contributed by atoms with van der Waals surface area (Å²) in [7, 11) is 0. The average molecular weight is 341 g/mol. The van der Waals surface area contributed by atoms with Crippen LogP contribution in [0.4, 0.5) is 0 Å². The fraction of sp³-hybridized carbons (Fsp3) is 0.474. The van der Waals surface area contributed by atoms with Crippen molar-refractivity contribution >= 4 is 17.7 Å². The van der Waals surface area contributed by atoms with Crippen LogP contribution in [0.5, 0.6) is 0 Å². The number of thioether (sulfide) groups is 1. The Kier molecular flexibility index (Phi) is 4.35. The minimum absolute atomic E-state index is 0.141. The molecule has 2 aromatic rings. The van der Waals surface area contributed by atoms with Crippen molar-refractivity contribution in [3.05, 3.63) is 42.2 Å². The molecule has 0 atom stereocenters. The van der Waals surface area contributed by atoms with E-state index in [4.69, 9.17) is 0 Å². The SMILES string of the molecule is Cc1cccc(-n2ccnc2SCC(=O)NC(C2CC2)C2CC2)c1. The van der Waals surface area contributed by atoms with Crippen molar-refractivity contribution in [3.8, 4) is 5.69 Å². The average Bonchev–Trinajstić information content (AvgIpc) is 3.49. The van der Waals surface area contributed by atoms with Gasteiger partial charge in [0.2, 0.25) is 5.91 Å². The number of aryl methyl sites for hydroxylation is 1. The molecule has 0 spiro atoms. The number of rotatable bonds is 7. The smallest absolute Gasteiger partial charge is 0.230 e. The maximum Gasteiger partial charge on any atom is 0.230 e. The highest BCUT2D eigenvalue weighted by atomic mass is 32.2. The quantitative estimate of drug-likeness (QED) is 0.783. The molecule has 2 saturated carbocycles. The minimum atomic E-state index is 0.141. The number of carbonyl (C=O) groups is 1. The van der Waals surface area contributed by atoms with Gasteiger partial charge in [-0.25, -0.2) is 4.98 Å². The molecule has 0 bridgehead atoms. The van der Waals surface area contributed by atoms with Crippen LogP contribution in [0, 0.1) is 18.8 Å². The van der Waals surface area contributed by atoms with Crippen LogP contribution in [-0.4, -0.2) is 27.3 Å². The zero-order valence-electron chi connectivity index (χ0n) is 13.9. The maximum absolute atomic E-state index is 12.3. The van der Waals surface area contributed by atoms with Crippen LogP contribution in [0.3, 0.4) is 0 Å². The lowest BCUT2D eigenvalue weighted by atomic mass is 10.1. The van der Waals surface area contributed by atoms with E-state index in [1.165, 1.54) is 43.0 Å². The number of aromatic nitrogens is 2. The van der Waals surface area contributed by atoms with E-state index < -0.39 is 0 Å². The molecule has 1 N–H and O–H groups in total. The van der Waals surface area contributed by atoms with Crippen molar-refractivity contribution in [2.75, 3.05) is 5.75 Å². The van der Waals surface area contributed by atoms with Crippen LogP contribution in [-0.2, 0) is 4.79 Å². The van der Waals surface area contributed by atoms with Gasteiger partial charge in [-0.05, 0) is 62.1 Å². The van der Waals surface area contributed by atoms with Gasteiger partial charge in [-0.3, -0.25) is 9.36 Å². The molecule has 1 aromatic heterocycles. The molecule has 2 aliphatic carbocycles. The van der Waals surface area contributed by atoms with Gasteiger partial charge in [0.05, 0.1) is 5.75 Å². The van der Waals surface area contributed by atoms with Gasteiger partial charge in [-0.2, -0.15) is 0 Å². The van der Waals surface area contributed by atoms with E-state index in [9.17, 15) is 4.79 Å². The third kappa shape index (κ3) is 3.66. The zero-order chi connectivity index (χ0) is 16.5. The second-order valence-corrected chi connectivity index (χ2v) is 7.92. The third-order valence-electron chi connectivity index (χ3n) is 4.81. The van der Waals surface area contributed by atoms with Crippen LogP contribution in [0.15, 0.2) is 41.8 Å². The van der Waals surface area contributed by atoms with E-state index in [0.717, 1.165) is 22.7 Å². The molecule has 126 valence electrons. The van der Waals surface area contributed by atoms with E-state index in [0.29, 0.717) is 11.8 Å². The number of hydrogen-bond acceptors (Lipinski definition) is 3. The number of benzene rings is 1. The summed E-state index contributed by atoms with van der Waals surface area (Å²) < 4.78 is 2.05. The van der Waals surface area contributed by atoms with E-state index in [1.807, 2.05) is 16.8 Å². The summed E-state index contributed by atoms with van der Waals surface area (Å²) in [5.41, 5.74) is 2.30. The molecule has 4 rings (SSSR count). The molecule has 0 unspecified atom stereocenters. The predicted octanol–water partition coefficient (Wildman–Crippen LogP) is 3.58. The highest BCUT2D eigenvalue weighted by Crippen LogP contribution is 2.44. The summed E-state index contributed by atoms with van der Waals surface area (Å²) in [5, 5.41) is 4.14. The summed E-state index contributed by atoms with van der Waals surface area (Å²) in [6.07, 6.45) is 8.88. The predicted molar refractivity (Wildman–Crippen MR) is 96.4 cm³/mol. The molecule has 1 amide bonds. The van der Waals surface area contributed by atoms with Crippen molar-refractivity contribution in [2.24, 2.45) is 11.8 Å². The lowest BCUT2D eigenvalue weighted by molar-refractivity contribution is -0.119. The van der Waals surface area contributed by atoms with Gasteiger partial charge in [0.15, 0.2) is 5.16 Å². The first-order chi connectivity index (χ1) is 11.7. The molecule has 2 aliphatic rings. The normalized spacial score (nSPS) is 17.2. The van der Waals surface area contributed by atoms with Crippen molar-refractivity contribution in [1.29, 1.82) is 0 Å². The molecule has 1 aromatic carbocycles.